The highest BCUT2D eigenvalue weighted by molar-refractivity contribution is 14.0. The average Bonchev–Trinajstić information content (AvgIpc) is 3.38. The molecule has 0 saturated heterocycles. The number of ether oxygens (including phenoxy) is 2. The van der Waals surface area contributed by atoms with Crippen molar-refractivity contribution in [3.8, 4) is 0 Å². The van der Waals surface area contributed by atoms with E-state index in [1.807, 2.05) is 12.1 Å². The van der Waals surface area contributed by atoms with Gasteiger partial charge in [-0.3, -0.25) is 4.99 Å². The minimum atomic E-state index is -0.187. The lowest BCUT2D eigenvalue weighted by molar-refractivity contribution is 0.0698. The summed E-state index contributed by atoms with van der Waals surface area (Å²) in [6.07, 6.45) is 3.15. The van der Waals surface area contributed by atoms with Crippen LogP contribution in [-0.2, 0) is 14.9 Å². The van der Waals surface area contributed by atoms with Crippen LogP contribution in [0.1, 0.15) is 24.8 Å². The molecule has 7 heteroatoms. The van der Waals surface area contributed by atoms with Crippen molar-refractivity contribution in [1.29, 1.82) is 0 Å². The fourth-order valence-electron chi connectivity index (χ4n) is 2.62. The topological polar surface area (TPSA) is 54.9 Å². The van der Waals surface area contributed by atoms with Gasteiger partial charge in [0.15, 0.2) is 5.96 Å². The normalized spacial score (nSPS) is 15.4. The Morgan fingerprint density at radius 1 is 1.16 bits per heavy atom. The molecule has 1 saturated carbocycles. The van der Waals surface area contributed by atoms with E-state index in [4.69, 9.17) is 9.47 Å². The maximum Gasteiger partial charge on any atom is 0.191 e. The van der Waals surface area contributed by atoms with Gasteiger partial charge in [0.2, 0.25) is 0 Å². The fourth-order valence-corrected chi connectivity index (χ4v) is 2.62. The number of halogens is 2. The maximum atomic E-state index is 13.1. The number of aliphatic imine (C=N–C) groups is 1. The van der Waals surface area contributed by atoms with Gasteiger partial charge in [0.25, 0.3) is 0 Å². The third-order valence-electron chi connectivity index (χ3n) is 4.32. The Labute approximate surface area is 166 Å². The number of hydrogen-bond donors (Lipinski definition) is 2. The molecular formula is C18H29FIN3O2. The molecule has 0 radical (unpaired) electrons. The lowest BCUT2D eigenvalue weighted by Crippen LogP contribution is -2.41. The summed E-state index contributed by atoms with van der Waals surface area (Å²) in [6, 6.07) is 6.84. The first-order valence-electron chi connectivity index (χ1n) is 8.47. The van der Waals surface area contributed by atoms with Crippen molar-refractivity contribution in [2.75, 3.05) is 47.1 Å². The van der Waals surface area contributed by atoms with Crippen LogP contribution in [-0.4, -0.2) is 53.0 Å². The molecule has 0 aromatic heterocycles. The van der Waals surface area contributed by atoms with Crippen molar-refractivity contribution >= 4 is 29.9 Å². The highest BCUT2D eigenvalue weighted by Gasteiger charge is 2.44. The second-order valence-electron chi connectivity index (χ2n) is 6.10. The highest BCUT2D eigenvalue weighted by Crippen LogP contribution is 2.47. The van der Waals surface area contributed by atoms with E-state index in [-0.39, 0.29) is 35.2 Å². The molecule has 0 aliphatic heterocycles. The molecule has 0 spiro atoms. The Morgan fingerprint density at radius 3 is 2.48 bits per heavy atom. The van der Waals surface area contributed by atoms with Gasteiger partial charge in [-0.05, 0) is 37.0 Å². The lowest BCUT2D eigenvalue weighted by Gasteiger charge is -2.19. The quantitative estimate of drug-likeness (QED) is 0.242. The SMILES string of the molecule is CN=C(NCCCOCCOC)NCC1(c2ccc(F)cc2)CC1.I. The van der Waals surface area contributed by atoms with Crippen molar-refractivity contribution in [1.82, 2.24) is 10.6 Å². The molecule has 2 rings (SSSR count). The number of guanidine groups is 1. The van der Waals surface area contributed by atoms with Gasteiger partial charge in [0, 0.05) is 39.3 Å². The molecule has 1 aromatic rings. The van der Waals surface area contributed by atoms with Gasteiger partial charge in [-0.1, -0.05) is 12.1 Å². The van der Waals surface area contributed by atoms with E-state index in [0.29, 0.717) is 19.8 Å². The third kappa shape index (κ3) is 7.45. The van der Waals surface area contributed by atoms with Gasteiger partial charge in [0.05, 0.1) is 13.2 Å². The Kier molecular flexibility index (Phi) is 10.3. The Balaban J connectivity index is 0.00000312. The number of methoxy groups -OCH3 is 1. The molecule has 0 heterocycles. The summed E-state index contributed by atoms with van der Waals surface area (Å²) in [5.74, 6) is 0.605. The van der Waals surface area contributed by atoms with Gasteiger partial charge in [-0.25, -0.2) is 4.39 Å². The lowest BCUT2D eigenvalue weighted by atomic mass is 9.96. The molecule has 0 atom stereocenters. The second kappa shape index (κ2) is 11.6. The molecular weight excluding hydrogens is 436 g/mol. The zero-order chi connectivity index (χ0) is 17.3. The molecule has 142 valence electrons. The summed E-state index contributed by atoms with van der Waals surface area (Å²) in [6.45, 7) is 3.57. The first kappa shape index (κ1) is 22.1. The zero-order valence-electron chi connectivity index (χ0n) is 15.0. The number of nitrogens with one attached hydrogen (secondary N) is 2. The molecule has 2 N–H and O–H groups in total. The summed E-state index contributed by atoms with van der Waals surface area (Å²) in [5, 5.41) is 6.67. The minimum absolute atomic E-state index is 0. The van der Waals surface area contributed by atoms with Crippen LogP contribution in [0.15, 0.2) is 29.3 Å². The van der Waals surface area contributed by atoms with Crippen molar-refractivity contribution in [3.63, 3.8) is 0 Å². The second-order valence-corrected chi connectivity index (χ2v) is 6.10. The highest BCUT2D eigenvalue weighted by atomic mass is 127. The van der Waals surface area contributed by atoms with E-state index < -0.39 is 0 Å². The molecule has 0 bridgehead atoms. The van der Waals surface area contributed by atoms with Gasteiger partial charge < -0.3 is 20.1 Å². The summed E-state index contributed by atoms with van der Waals surface area (Å²) in [5.41, 5.74) is 1.31. The van der Waals surface area contributed by atoms with Crippen LogP contribution in [0.4, 0.5) is 4.39 Å². The molecule has 0 unspecified atom stereocenters. The van der Waals surface area contributed by atoms with Gasteiger partial charge in [-0.2, -0.15) is 0 Å². The predicted molar refractivity (Wildman–Crippen MR) is 109 cm³/mol. The molecule has 1 aromatic carbocycles. The van der Waals surface area contributed by atoms with E-state index >= 15 is 0 Å². The van der Waals surface area contributed by atoms with Crippen LogP contribution in [0.25, 0.3) is 0 Å². The minimum Gasteiger partial charge on any atom is -0.382 e. The van der Waals surface area contributed by atoms with E-state index in [0.717, 1.165) is 38.3 Å². The number of benzene rings is 1. The van der Waals surface area contributed by atoms with Crippen molar-refractivity contribution in [2.45, 2.75) is 24.7 Å². The van der Waals surface area contributed by atoms with Crippen LogP contribution >= 0.6 is 24.0 Å². The summed E-state index contributed by atoms with van der Waals surface area (Å²) < 4.78 is 23.4. The van der Waals surface area contributed by atoms with Crippen LogP contribution < -0.4 is 10.6 Å². The molecule has 25 heavy (non-hydrogen) atoms. The summed E-state index contributed by atoms with van der Waals surface area (Å²) >= 11 is 0. The van der Waals surface area contributed by atoms with E-state index in [1.54, 1.807) is 14.2 Å². The maximum absolute atomic E-state index is 13.1. The first-order valence-corrected chi connectivity index (χ1v) is 8.47. The summed E-state index contributed by atoms with van der Waals surface area (Å²) in [4.78, 5) is 4.25. The number of hydrogen-bond acceptors (Lipinski definition) is 3. The number of rotatable bonds is 10. The molecule has 5 nitrogen and oxygen atoms in total. The molecule has 1 fully saturated rings. The number of nitrogens with zero attached hydrogens (tertiary/aromatic N) is 1. The molecule has 1 aliphatic carbocycles. The largest absolute Gasteiger partial charge is 0.382 e. The first-order chi connectivity index (χ1) is 11.7. The van der Waals surface area contributed by atoms with Gasteiger partial charge in [0.1, 0.15) is 5.82 Å². The molecule has 0 amide bonds. The van der Waals surface area contributed by atoms with E-state index in [9.17, 15) is 4.39 Å². The van der Waals surface area contributed by atoms with Crippen molar-refractivity contribution in [3.05, 3.63) is 35.6 Å². The van der Waals surface area contributed by atoms with Gasteiger partial charge in [-0.15, -0.1) is 24.0 Å². The fraction of sp³-hybridized carbons (Fsp3) is 0.611. The smallest absolute Gasteiger partial charge is 0.191 e. The third-order valence-corrected chi connectivity index (χ3v) is 4.32. The van der Waals surface area contributed by atoms with Crippen LogP contribution in [0.5, 0.6) is 0 Å². The van der Waals surface area contributed by atoms with Gasteiger partial charge >= 0.3 is 0 Å². The Morgan fingerprint density at radius 2 is 1.88 bits per heavy atom. The van der Waals surface area contributed by atoms with Crippen LogP contribution in [0.2, 0.25) is 0 Å². The van der Waals surface area contributed by atoms with Crippen LogP contribution in [0, 0.1) is 5.82 Å². The van der Waals surface area contributed by atoms with Crippen molar-refractivity contribution < 1.29 is 13.9 Å². The Hall–Kier alpha value is -0.930. The zero-order valence-corrected chi connectivity index (χ0v) is 17.3. The Bertz CT molecular complexity index is 522. The van der Waals surface area contributed by atoms with Crippen LogP contribution in [0.3, 0.4) is 0 Å². The van der Waals surface area contributed by atoms with E-state index in [2.05, 4.69) is 15.6 Å². The van der Waals surface area contributed by atoms with Crippen molar-refractivity contribution in [2.24, 2.45) is 4.99 Å². The summed E-state index contributed by atoms with van der Waals surface area (Å²) in [7, 11) is 3.43. The standard InChI is InChI=1S/C18H28FN3O2.HI/c1-20-17(21-10-3-11-24-13-12-23-2)22-14-18(8-9-18)15-4-6-16(19)7-5-15;/h4-7H,3,8-14H2,1-2H3,(H2,20,21,22);1H. The monoisotopic (exact) mass is 465 g/mol. The average molecular weight is 465 g/mol. The van der Waals surface area contributed by atoms with E-state index in [1.165, 1.54) is 17.7 Å². The molecule has 1 aliphatic rings. The predicted octanol–water partition coefficient (Wildman–Crippen LogP) is 2.69.